The molecule has 0 saturated carbocycles. The van der Waals surface area contributed by atoms with Crippen molar-refractivity contribution >= 4 is 5.91 Å². The Kier molecular flexibility index (Phi) is 6.70. The van der Waals surface area contributed by atoms with Crippen LogP contribution in [-0.4, -0.2) is 43.5 Å². The van der Waals surface area contributed by atoms with Crippen LogP contribution >= 0.6 is 0 Å². The van der Waals surface area contributed by atoms with Crippen molar-refractivity contribution in [1.82, 2.24) is 15.5 Å². The molecular weight excluding hydrogens is 262 g/mol. The second kappa shape index (κ2) is 8.80. The molecule has 1 unspecified atom stereocenters. The fourth-order valence-electron chi connectivity index (χ4n) is 2.78. The molecule has 1 fully saturated rings. The van der Waals surface area contributed by atoms with Gasteiger partial charge in [0, 0.05) is 25.6 Å². The molecule has 0 aliphatic carbocycles. The Balaban J connectivity index is 1.59. The highest BCUT2D eigenvalue weighted by molar-refractivity contribution is 5.76. The Morgan fingerprint density at radius 2 is 2.14 bits per heavy atom. The van der Waals surface area contributed by atoms with E-state index in [-0.39, 0.29) is 5.91 Å². The maximum Gasteiger partial charge on any atom is 0.221 e. The van der Waals surface area contributed by atoms with Crippen LogP contribution in [0.1, 0.15) is 31.2 Å². The van der Waals surface area contributed by atoms with Crippen molar-refractivity contribution in [2.75, 3.05) is 26.7 Å². The summed E-state index contributed by atoms with van der Waals surface area (Å²) >= 11 is 0. The number of hydrogen-bond acceptors (Lipinski definition) is 3. The van der Waals surface area contributed by atoms with E-state index in [1.165, 1.54) is 5.56 Å². The lowest BCUT2D eigenvalue weighted by molar-refractivity contribution is -0.121. The lowest BCUT2D eigenvalue weighted by Gasteiger charge is -2.19. The Morgan fingerprint density at radius 3 is 2.95 bits per heavy atom. The van der Waals surface area contributed by atoms with Crippen molar-refractivity contribution in [3.63, 3.8) is 0 Å². The van der Waals surface area contributed by atoms with Crippen LogP contribution in [0.15, 0.2) is 30.3 Å². The van der Waals surface area contributed by atoms with Crippen molar-refractivity contribution in [3.8, 4) is 0 Å². The van der Waals surface area contributed by atoms with Crippen molar-refractivity contribution < 1.29 is 4.79 Å². The van der Waals surface area contributed by atoms with Crippen LogP contribution in [0.4, 0.5) is 0 Å². The second-order valence-corrected chi connectivity index (χ2v) is 5.92. The summed E-state index contributed by atoms with van der Waals surface area (Å²) in [5.41, 5.74) is 1.35. The lowest BCUT2D eigenvalue weighted by atomic mass is 10.1. The van der Waals surface area contributed by atoms with Crippen LogP contribution in [0.2, 0.25) is 0 Å². The first-order valence-electron chi connectivity index (χ1n) is 7.96. The van der Waals surface area contributed by atoms with Crippen molar-refractivity contribution in [3.05, 3.63) is 35.9 Å². The molecule has 2 N–H and O–H groups in total. The number of amides is 1. The maximum absolute atomic E-state index is 11.5. The number of rotatable bonds is 7. The normalized spacial score (nSPS) is 19.3. The molecule has 116 valence electrons. The van der Waals surface area contributed by atoms with E-state index in [9.17, 15) is 4.79 Å². The molecule has 21 heavy (non-hydrogen) atoms. The molecule has 1 amide bonds. The van der Waals surface area contributed by atoms with Gasteiger partial charge in [0.15, 0.2) is 0 Å². The molecule has 0 spiro atoms. The summed E-state index contributed by atoms with van der Waals surface area (Å²) in [4.78, 5) is 13.8. The third-order valence-corrected chi connectivity index (χ3v) is 3.93. The molecule has 1 heterocycles. The number of carbonyl (C=O) groups is 1. The zero-order chi connectivity index (χ0) is 14.9. The van der Waals surface area contributed by atoms with E-state index in [1.807, 2.05) is 0 Å². The molecule has 1 saturated heterocycles. The molecular formula is C17H27N3O. The predicted octanol–water partition coefficient (Wildman–Crippen LogP) is 1.77. The minimum atomic E-state index is 0.186. The molecule has 1 aliphatic heterocycles. The van der Waals surface area contributed by atoms with Crippen LogP contribution in [0.3, 0.4) is 0 Å². The van der Waals surface area contributed by atoms with Crippen molar-refractivity contribution in [2.45, 2.75) is 38.3 Å². The van der Waals surface area contributed by atoms with Gasteiger partial charge in [-0.15, -0.1) is 0 Å². The van der Waals surface area contributed by atoms with Gasteiger partial charge in [-0.2, -0.15) is 0 Å². The van der Waals surface area contributed by atoms with E-state index in [0.29, 0.717) is 12.5 Å². The zero-order valence-electron chi connectivity index (χ0n) is 13.0. The summed E-state index contributed by atoms with van der Waals surface area (Å²) in [7, 11) is 2.16. The fourth-order valence-corrected chi connectivity index (χ4v) is 2.78. The van der Waals surface area contributed by atoms with Gasteiger partial charge >= 0.3 is 0 Å². The zero-order valence-corrected chi connectivity index (χ0v) is 13.0. The van der Waals surface area contributed by atoms with Crippen LogP contribution in [0.25, 0.3) is 0 Å². The first kappa shape index (κ1) is 16.0. The Hall–Kier alpha value is -1.39. The SMILES string of the molecule is CN(CCCNC1CCCNC(=O)C1)Cc1ccccc1. The molecule has 0 aromatic heterocycles. The highest BCUT2D eigenvalue weighted by Gasteiger charge is 2.16. The lowest BCUT2D eigenvalue weighted by Crippen LogP contribution is -2.34. The predicted molar refractivity (Wildman–Crippen MR) is 86.0 cm³/mol. The first-order valence-corrected chi connectivity index (χ1v) is 7.96. The molecule has 1 atom stereocenters. The highest BCUT2D eigenvalue weighted by atomic mass is 16.1. The van der Waals surface area contributed by atoms with Crippen LogP contribution in [0, 0.1) is 0 Å². The monoisotopic (exact) mass is 289 g/mol. The Morgan fingerprint density at radius 1 is 1.33 bits per heavy atom. The van der Waals surface area contributed by atoms with E-state index < -0.39 is 0 Å². The molecule has 0 bridgehead atoms. The summed E-state index contributed by atoms with van der Waals surface area (Å²) in [5.74, 6) is 0.186. The van der Waals surface area contributed by atoms with E-state index in [4.69, 9.17) is 0 Å². The van der Waals surface area contributed by atoms with Gasteiger partial charge in [0.2, 0.25) is 5.91 Å². The third-order valence-electron chi connectivity index (χ3n) is 3.93. The summed E-state index contributed by atoms with van der Waals surface area (Å²) in [6.45, 7) is 3.88. The largest absolute Gasteiger partial charge is 0.356 e. The number of carbonyl (C=O) groups excluding carboxylic acids is 1. The molecule has 2 rings (SSSR count). The van der Waals surface area contributed by atoms with Gasteiger partial charge in [0.1, 0.15) is 0 Å². The van der Waals surface area contributed by atoms with E-state index >= 15 is 0 Å². The molecule has 1 aromatic carbocycles. The van der Waals surface area contributed by atoms with E-state index in [2.05, 4.69) is 52.9 Å². The Labute approximate surface area is 127 Å². The van der Waals surface area contributed by atoms with Gasteiger partial charge in [-0.1, -0.05) is 30.3 Å². The third kappa shape index (κ3) is 6.27. The van der Waals surface area contributed by atoms with E-state index in [0.717, 1.165) is 45.4 Å². The average molecular weight is 289 g/mol. The van der Waals surface area contributed by atoms with Gasteiger partial charge < -0.3 is 15.5 Å². The second-order valence-electron chi connectivity index (χ2n) is 5.92. The minimum Gasteiger partial charge on any atom is -0.356 e. The van der Waals surface area contributed by atoms with Crippen LogP contribution < -0.4 is 10.6 Å². The highest BCUT2D eigenvalue weighted by Crippen LogP contribution is 2.06. The molecule has 4 nitrogen and oxygen atoms in total. The number of benzene rings is 1. The number of nitrogens with one attached hydrogen (secondary N) is 2. The summed E-state index contributed by atoms with van der Waals surface area (Å²) in [6.07, 6.45) is 3.91. The fraction of sp³-hybridized carbons (Fsp3) is 0.588. The van der Waals surface area contributed by atoms with Crippen molar-refractivity contribution in [1.29, 1.82) is 0 Å². The first-order chi connectivity index (χ1) is 10.2. The maximum atomic E-state index is 11.5. The number of nitrogens with zero attached hydrogens (tertiary/aromatic N) is 1. The Bertz CT molecular complexity index is 421. The quantitative estimate of drug-likeness (QED) is 0.752. The van der Waals surface area contributed by atoms with Gasteiger partial charge in [0.05, 0.1) is 0 Å². The van der Waals surface area contributed by atoms with Gasteiger partial charge in [-0.25, -0.2) is 0 Å². The topological polar surface area (TPSA) is 44.4 Å². The van der Waals surface area contributed by atoms with Crippen LogP contribution in [-0.2, 0) is 11.3 Å². The standard InChI is InChI=1S/C17H27N3O/c1-20(14-15-7-3-2-4-8-15)12-6-11-18-16-9-5-10-19-17(21)13-16/h2-4,7-8,16,18H,5-6,9-14H2,1H3,(H,19,21). The average Bonchev–Trinajstić information content (AvgIpc) is 2.69. The molecule has 1 aliphatic rings. The van der Waals surface area contributed by atoms with Gasteiger partial charge in [0.25, 0.3) is 0 Å². The summed E-state index contributed by atoms with van der Waals surface area (Å²) < 4.78 is 0. The summed E-state index contributed by atoms with van der Waals surface area (Å²) in [5, 5.41) is 6.45. The van der Waals surface area contributed by atoms with Crippen LogP contribution in [0.5, 0.6) is 0 Å². The van der Waals surface area contributed by atoms with Crippen molar-refractivity contribution in [2.24, 2.45) is 0 Å². The van der Waals surface area contributed by atoms with E-state index in [1.54, 1.807) is 0 Å². The number of hydrogen-bond donors (Lipinski definition) is 2. The molecule has 0 radical (unpaired) electrons. The summed E-state index contributed by atoms with van der Waals surface area (Å²) in [6, 6.07) is 10.9. The smallest absolute Gasteiger partial charge is 0.221 e. The minimum absolute atomic E-state index is 0.186. The van der Waals surface area contributed by atoms with Gasteiger partial charge in [-0.3, -0.25) is 4.79 Å². The molecule has 4 heteroatoms. The molecule has 1 aromatic rings. The van der Waals surface area contributed by atoms with Gasteiger partial charge in [-0.05, 0) is 45.0 Å².